The summed E-state index contributed by atoms with van der Waals surface area (Å²) in [6.07, 6.45) is 0. The number of anilines is 1. The lowest BCUT2D eigenvalue weighted by atomic mass is 10.2. The molecule has 96 valence electrons. The Hall–Kier alpha value is -2.06. The van der Waals surface area contributed by atoms with Gasteiger partial charge >= 0.3 is 0 Å². The van der Waals surface area contributed by atoms with E-state index in [1.807, 2.05) is 12.1 Å². The molecule has 0 bridgehead atoms. The van der Waals surface area contributed by atoms with Crippen LogP contribution in [0.15, 0.2) is 42.5 Å². The van der Waals surface area contributed by atoms with Crippen LogP contribution in [0.1, 0.15) is 11.1 Å². The first-order valence-corrected chi connectivity index (χ1v) is 6.49. The predicted octanol–water partition coefficient (Wildman–Crippen LogP) is 4.10. The van der Waals surface area contributed by atoms with Crippen LogP contribution in [0.2, 0.25) is 0 Å². The first-order valence-electron chi connectivity index (χ1n) is 5.51. The summed E-state index contributed by atoms with van der Waals surface area (Å²) in [4.78, 5) is 0. The summed E-state index contributed by atoms with van der Waals surface area (Å²) < 4.78 is 28.8. The molecule has 5 heteroatoms. The van der Waals surface area contributed by atoms with Crippen molar-refractivity contribution < 1.29 is 8.78 Å². The first-order chi connectivity index (χ1) is 9.19. The monoisotopic (exact) mass is 276 g/mol. The lowest BCUT2D eigenvalue weighted by Crippen LogP contribution is -1.91. The van der Waals surface area contributed by atoms with E-state index in [-0.39, 0.29) is 0 Å². The molecule has 2 aromatic rings. The van der Waals surface area contributed by atoms with Crippen molar-refractivity contribution in [2.75, 3.05) is 4.72 Å². The summed E-state index contributed by atoms with van der Waals surface area (Å²) in [5, 5.41) is 8.76. The fourth-order valence-corrected chi connectivity index (χ4v) is 2.20. The SMILES string of the molecule is N#Cc1cccc(NSCc2ccc(F)c(F)c2)c1. The van der Waals surface area contributed by atoms with Gasteiger partial charge in [-0.15, -0.1) is 0 Å². The van der Waals surface area contributed by atoms with Crippen LogP contribution in [0.5, 0.6) is 0 Å². The van der Waals surface area contributed by atoms with Crippen molar-refractivity contribution in [3.8, 4) is 6.07 Å². The normalized spacial score (nSPS) is 9.95. The van der Waals surface area contributed by atoms with Gasteiger partial charge in [-0.25, -0.2) is 8.78 Å². The molecule has 0 aromatic heterocycles. The highest BCUT2D eigenvalue weighted by atomic mass is 32.2. The second-order valence-corrected chi connectivity index (χ2v) is 4.61. The van der Waals surface area contributed by atoms with Gasteiger partial charge in [0, 0.05) is 11.4 Å². The number of hydrogen-bond donors (Lipinski definition) is 1. The zero-order valence-electron chi connectivity index (χ0n) is 9.86. The van der Waals surface area contributed by atoms with Gasteiger partial charge in [-0.2, -0.15) is 5.26 Å². The molecule has 0 aliphatic heterocycles. The van der Waals surface area contributed by atoms with E-state index < -0.39 is 11.6 Å². The van der Waals surface area contributed by atoms with Gasteiger partial charge in [0.1, 0.15) is 0 Å². The Kier molecular flexibility index (Phi) is 4.37. The lowest BCUT2D eigenvalue weighted by molar-refractivity contribution is 0.507. The van der Waals surface area contributed by atoms with Gasteiger partial charge in [-0.05, 0) is 47.8 Å². The van der Waals surface area contributed by atoms with Crippen LogP contribution >= 0.6 is 11.9 Å². The molecular formula is C14H10F2N2S. The topological polar surface area (TPSA) is 35.8 Å². The number of nitrogens with zero attached hydrogens (tertiary/aromatic N) is 1. The van der Waals surface area contributed by atoms with Crippen molar-refractivity contribution in [3.05, 3.63) is 65.2 Å². The van der Waals surface area contributed by atoms with Crippen molar-refractivity contribution in [2.24, 2.45) is 0 Å². The molecule has 0 aliphatic carbocycles. The van der Waals surface area contributed by atoms with Crippen LogP contribution in [0.25, 0.3) is 0 Å². The van der Waals surface area contributed by atoms with Crippen molar-refractivity contribution in [1.82, 2.24) is 0 Å². The average Bonchev–Trinajstić information content (AvgIpc) is 2.43. The van der Waals surface area contributed by atoms with Gasteiger partial charge in [-0.1, -0.05) is 12.1 Å². The van der Waals surface area contributed by atoms with E-state index in [2.05, 4.69) is 4.72 Å². The second kappa shape index (κ2) is 6.21. The van der Waals surface area contributed by atoms with Gasteiger partial charge in [0.05, 0.1) is 11.6 Å². The molecule has 0 atom stereocenters. The van der Waals surface area contributed by atoms with Crippen LogP contribution < -0.4 is 4.72 Å². The zero-order valence-corrected chi connectivity index (χ0v) is 10.7. The van der Waals surface area contributed by atoms with E-state index in [0.29, 0.717) is 16.9 Å². The van der Waals surface area contributed by atoms with Gasteiger partial charge in [0.15, 0.2) is 11.6 Å². The van der Waals surface area contributed by atoms with Crippen LogP contribution in [0.4, 0.5) is 14.5 Å². The standard InChI is InChI=1S/C14H10F2N2S/c15-13-5-4-11(7-14(13)16)9-19-18-12-3-1-2-10(6-12)8-17/h1-7,18H,9H2. The Morgan fingerprint density at radius 2 is 1.95 bits per heavy atom. The van der Waals surface area contributed by atoms with Crippen LogP contribution in [0, 0.1) is 23.0 Å². The fourth-order valence-electron chi connectivity index (χ4n) is 1.48. The summed E-state index contributed by atoms with van der Waals surface area (Å²) >= 11 is 1.34. The molecule has 0 saturated heterocycles. The predicted molar refractivity (Wildman–Crippen MR) is 72.4 cm³/mol. The second-order valence-electron chi connectivity index (χ2n) is 3.83. The Morgan fingerprint density at radius 3 is 2.68 bits per heavy atom. The van der Waals surface area contributed by atoms with Crippen molar-refractivity contribution >= 4 is 17.6 Å². The molecule has 2 rings (SSSR count). The third-order valence-corrected chi connectivity index (χ3v) is 3.26. The maximum Gasteiger partial charge on any atom is 0.159 e. The minimum Gasteiger partial charge on any atom is -0.329 e. The minimum atomic E-state index is -0.844. The zero-order chi connectivity index (χ0) is 13.7. The highest BCUT2D eigenvalue weighted by Crippen LogP contribution is 2.19. The summed E-state index contributed by atoms with van der Waals surface area (Å²) in [5.41, 5.74) is 2.05. The van der Waals surface area contributed by atoms with E-state index in [4.69, 9.17) is 5.26 Å². The average molecular weight is 276 g/mol. The van der Waals surface area contributed by atoms with E-state index in [9.17, 15) is 8.78 Å². The quantitative estimate of drug-likeness (QED) is 0.854. The van der Waals surface area contributed by atoms with Gasteiger partial charge in [0.25, 0.3) is 0 Å². The maximum atomic E-state index is 13.0. The molecule has 0 heterocycles. The molecule has 0 fully saturated rings. The fraction of sp³-hybridized carbons (Fsp3) is 0.0714. The molecule has 0 saturated carbocycles. The molecule has 0 unspecified atom stereocenters. The van der Waals surface area contributed by atoms with Gasteiger partial charge < -0.3 is 4.72 Å². The van der Waals surface area contributed by atoms with Gasteiger partial charge in [-0.3, -0.25) is 0 Å². The van der Waals surface area contributed by atoms with E-state index >= 15 is 0 Å². The van der Waals surface area contributed by atoms with Crippen molar-refractivity contribution in [1.29, 1.82) is 5.26 Å². The molecule has 0 radical (unpaired) electrons. The lowest BCUT2D eigenvalue weighted by Gasteiger charge is -2.06. The minimum absolute atomic E-state index is 0.494. The summed E-state index contributed by atoms with van der Waals surface area (Å²) in [6, 6.07) is 12.9. The number of nitriles is 1. The summed E-state index contributed by atoms with van der Waals surface area (Å²) in [6.45, 7) is 0. The number of rotatable bonds is 4. The molecule has 0 amide bonds. The Bertz CT molecular complexity index is 623. The molecular weight excluding hydrogens is 266 g/mol. The largest absolute Gasteiger partial charge is 0.329 e. The maximum absolute atomic E-state index is 13.0. The molecule has 2 aromatic carbocycles. The van der Waals surface area contributed by atoms with E-state index in [1.165, 1.54) is 18.0 Å². The highest BCUT2D eigenvalue weighted by Gasteiger charge is 2.02. The van der Waals surface area contributed by atoms with Crippen LogP contribution in [0.3, 0.4) is 0 Å². The molecule has 2 nitrogen and oxygen atoms in total. The summed E-state index contributed by atoms with van der Waals surface area (Å²) in [7, 11) is 0. The third-order valence-electron chi connectivity index (χ3n) is 2.40. The Morgan fingerprint density at radius 1 is 1.11 bits per heavy atom. The number of hydrogen-bond acceptors (Lipinski definition) is 3. The Balaban J connectivity index is 1.92. The highest BCUT2D eigenvalue weighted by molar-refractivity contribution is 7.99. The molecule has 1 N–H and O–H groups in total. The van der Waals surface area contributed by atoms with Crippen LogP contribution in [-0.2, 0) is 5.75 Å². The van der Waals surface area contributed by atoms with Gasteiger partial charge in [0.2, 0.25) is 0 Å². The van der Waals surface area contributed by atoms with Crippen LogP contribution in [-0.4, -0.2) is 0 Å². The number of nitrogens with one attached hydrogen (secondary N) is 1. The van der Waals surface area contributed by atoms with Crippen molar-refractivity contribution in [2.45, 2.75) is 5.75 Å². The number of halogens is 2. The van der Waals surface area contributed by atoms with E-state index in [1.54, 1.807) is 24.3 Å². The first kappa shape index (κ1) is 13.4. The third kappa shape index (κ3) is 3.70. The molecule has 19 heavy (non-hydrogen) atoms. The molecule has 0 spiro atoms. The van der Waals surface area contributed by atoms with Crippen molar-refractivity contribution in [3.63, 3.8) is 0 Å². The smallest absolute Gasteiger partial charge is 0.159 e. The van der Waals surface area contributed by atoms with E-state index in [0.717, 1.165) is 11.8 Å². The molecule has 0 aliphatic rings. The summed E-state index contributed by atoms with van der Waals surface area (Å²) in [5.74, 6) is -1.19. The Labute approximate surface area is 114 Å². The number of benzene rings is 2.